The molecule has 328 valence electrons. The van der Waals surface area contributed by atoms with E-state index >= 15 is 0 Å². The van der Waals surface area contributed by atoms with Crippen molar-refractivity contribution in [3.8, 4) is 39.0 Å². The van der Waals surface area contributed by atoms with Gasteiger partial charge in [-0.05, 0) is 98.5 Å². The molecule has 13 heteroatoms. The average Bonchev–Trinajstić information content (AvgIpc) is 4.15. The van der Waals surface area contributed by atoms with Gasteiger partial charge in [0.1, 0.15) is 30.4 Å². The Hall–Kier alpha value is -4.34. The zero-order valence-corrected chi connectivity index (χ0v) is 42.0. The van der Waals surface area contributed by atoms with Crippen LogP contribution in [-0.2, 0) is 12.8 Å². The lowest BCUT2D eigenvalue weighted by Crippen LogP contribution is -2.12. The van der Waals surface area contributed by atoms with Gasteiger partial charge in [0.05, 0.1) is 11.0 Å². The summed E-state index contributed by atoms with van der Waals surface area (Å²) in [5.74, 6) is 0. The zero-order chi connectivity index (χ0) is 43.8. The molecule has 0 bridgehead atoms. The highest BCUT2D eigenvalue weighted by Gasteiger charge is 2.27. The third-order valence-corrected chi connectivity index (χ3v) is 21.4. The number of rotatable bonds is 18. The van der Waals surface area contributed by atoms with Crippen LogP contribution in [0.4, 0.5) is 0 Å². The van der Waals surface area contributed by atoms with E-state index in [1.54, 1.807) is 54.1 Å². The molecule has 0 aliphatic rings. The minimum absolute atomic E-state index is 0.120. The van der Waals surface area contributed by atoms with Gasteiger partial charge in [0.15, 0.2) is 0 Å². The molecule has 65 heavy (non-hydrogen) atoms. The van der Waals surface area contributed by atoms with Crippen LogP contribution >= 0.6 is 79.4 Å². The van der Waals surface area contributed by atoms with Gasteiger partial charge in [0, 0.05) is 70.3 Å². The molecule has 12 aromatic rings. The van der Waals surface area contributed by atoms with Crippen LogP contribution in [0, 0.1) is 0 Å². The number of fused-ring (bicyclic) bond motifs is 8. The van der Waals surface area contributed by atoms with Crippen molar-refractivity contribution in [3.05, 3.63) is 103 Å². The van der Waals surface area contributed by atoms with Crippen molar-refractivity contribution in [3.63, 3.8) is 0 Å². The van der Waals surface area contributed by atoms with Gasteiger partial charge in [-0.15, -0.1) is 79.4 Å². The lowest BCUT2D eigenvalue weighted by molar-refractivity contribution is 0.609. The monoisotopic (exact) mass is 982 g/mol. The molecule has 1 aromatic carbocycles. The Morgan fingerprint density at radius 3 is 1.25 bits per heavy atom. The SMILES string of the molecule is CCCCCCCCc1ccc(-c2ccc(-c3cc4c(nc5c6ccc7c8c(sc(c(=O)n45)c68)c(=O)n4c5cc(-c6ccc(-c8ccc(CCCCCCCC)s8)s6)sc5nc74)s3)s2)s1. The van der Waals surface area contributed by atoms with E-state index < -0.39 is 0 Å². The Morgan fingerprint density at radius 2 is 0.800 bits per heavy atom. The highest BCUT2D eigenvalue weighted by Crippen LogP contribution is 2.46. The first-order chi connectivity index (χ1) is 31.9. The van der Waals surface area contributed by atoms with E-state index in [1.807, 2.05) is 22.7 Å². The fourth-order valence-electron chi connectivity index (χ4n) is 9.57. The number of thiophene rings is 7. The first-order valence-electron chi connectivity index (χ1n) is 23.1. The van der Waals surface area contributed by atoms with Crippen LogP contribution in [0.25, 0.3) is 102 Å². The van der Waals surface area contributed by atoms with Crippen LogP contribution in [0.1, 0.15) is 101 Å². The molecule has 0 amide bonds. The molecule has 12 rings (SSSR count). The highest BCUT2D eigenvalue weighted by atomic mass is 32.1. The molecule has 11 aromatic heterocycles. The summed E-state index contributed by atoms with van der Waals surface area (Å²) < 4.78 is 4.74. The zero-order valence-electron chi connectivity index (χ0n) is 36.3. The minimum Gasteiger partial charge on any atom is -0.267 e. The van der Waals surface area contributed by atoms with E-state index in [4.69, 9.17) is 9.97 Å². The number of hydrogen-bond acceptors (Lipinski definition) is 11. The third-order valence-electron chi connectivity index (χ3n) is 12.9. The van der Waals surface area contributed by atoms with Crippen molar-refractivity contribution in [2.24, 2.45) is 0 Å². The van der Waals surface area contributed by atoms with E-state index in [-0.39, 0.29) is 11.1 Å². The van der Waals surface area contributed by atoms with Gasteiger partial charge in [-0.1, -0.05) is 78.1 Å². The number of aromatic nitrogens is 4. The number of hydrogen-bond donors (Lipinski definition) is 0. The number of nitrogens with zero attached hydrogens (tertiary/aromatic N) is 4. The molecule has 0 saturated heterocycles. The van der Waals surface area contributed by atoms with Crippen molar-refractivity contribution in [2.75, 3.05) is 0 Å². The standard InChI is InChI=1S/C52H46N4O2S7/c1-3-5-7-9-11-13-15-29-17-21-35(59-29)37-23-25-39(61-37)41-27-33-49(63-41)53-47-31-19-20-32-44-43(31)45(51(57)55(33)47)65-46(44)52(58)56-34-28-42(64-50(34)54-48(32)56)40-26-24-38(62-40)36-22-18-30(60-36)16-14-12-10-8-6-4-2/h17-28H,3-16H2,1-2H3. The molecule has 0 radical (unpaired) electrons. The summed E-state index contributed by atoms with van der Waals surface area (Å²) in [6, 6.07) is 26.4. The summed E-state index contributed by atoms with van der Waals surface area (Å²) in [5.41, 5.74) is 2.69. The van der Waals surface area contributed by atoms with Crippen molar-refractivity contribution in [2.45, 2.75) is 104 Å². The maximum atomic E-state index is 14.6. The molecule has 0 aliphatic heterocycles. The number of unbranched alkanes of at least 4 members (excludes halogenated alkanes) is 10. The van der Waals surface area contributed by atoms with E-state index in [2.05, 4.69) is 86.6 Å². The maximum absolute atomic E-state index is 14.6. The molecule has 0 fully saturated rings. The van der Waals surface area contributed by atoms with Crippen molar-refractivity contribution >= 4 is 142 Å². The fourth-order valence-corrected chi connectivity index (χ4v) is 17.2. The molecular formula is C52H46N4O2S7. The Kier molecular flexibility index (Phi) is 11.2. The molecule has 0 N–H and O–H groups in total. The summed E-state index contributed by atoms with van der Waals surface area (Å²) in [5, 5.41) is 3.44. The van der Waals surface area contributed by atoms with Gasteiger partial charge in [-0.3, -0.25) is 18.4 Å². The summed E-state index contributed by atoms with van der Waals surface area (Å²) in [6.07, 6.45) is 18.1. The van der Waals surface area contributed by atoms with Crippen LogP contribution in [0.5, 0.6) is 0 Å². The summed E-state index contributed by atoms with van der Waals surface area (Å²) >= 11 is 12.0. The molecular weight excluding hydrogens is 937 g/mol. The van der Waals surface area contributed by atoms with Crippen molar-refractivity contribution in [1.82, 2.24) is 18.8 Å². The molecule has 6 nitrogen and oxygen atoms in total. The second kappa shape index (κ2) is 17.4. The second-order valence-electron chi connectivity index (χ2n) is 17.3. The van der Waals surface area contributed by atoms with Crippen LogP contribution in [0.2, 0.25) is 0 Å². The quantitative estimate of drug-likeness (QED) is 0.0634. The molecule has 0 spiro atoms. The lowest BCUT2D eigenvalue weighted by atomic mass is 10.0. The first-order valence-corrected chi connectivity index (χ1v) is 28.8. The molecule has 0 aliphatic carbocycles. The molecule has 0 saturated carbocycles. The fraction of sp³-hybridized carbons (Fsp3) is 0.308. The number of benzene rings is 1. The smallest absolute Gasteiger partial charge is 0.267 e. The summed E-state index contributed by atoms with van der Waals surface area (Å²) in [6.45, 7) is 4.54. The largest absolute Gasteiger partial charge is 0.274 e. The van der Waals surface area contributed by atoms with E-state index in [0.717, 1.165) is 64.8 Å². The lowest BCUT2D eigenvalue weighted by Gasteiger charge is -2.05. The highest BCUT2D eigenvalue weighted by molar-refractivity contribution is 7.29. The second-order valence-corrected chi connectivity index (χ2v) is 24.9. The van der Waals surface area contributed by atoms with Crippen LogP contribution in [0.15, 0.2) is 82.4 Å². The number of imidazole rings is 2. The summed E-state index contributed by atoms with van der Waals surface area (Å²) in [4.78, 5) is 53.8. The van der Waals surface area contributed by atoms with E-state index in [9.17, 15) is 9.59 Å². The Morgan fingerprint density at radius 1 is 0.415 bits per heavy atom. The van der Waals surface area contributed by atoms with Gasteiger partial charge in [-0.25, -0.2) is 9.97 Å². The van der Waals surface area contributed by atoms with Crippen molar-refractivity contribution < 1.29 is 0 Å². The average molecular weight is 983 g/mol. The predicted octanol–water partition coefficient (Wildman–Crippen LogP) is 17.2. The van der Waals surface area contributed by atoms with Crippen molar-refractivity contribution in [1.29, 1.82) is 0 Å². The van der Waals surface area contributed by atoms with E-state index in [1.165, 1.54) is 127 Å². The van der Waals surface area contributed by atoms with Gasteiger partial charge < -0.3 is 0 Å². The Balaban J connectivity index is 0.839. The van der Waals surface area contributed by atoms with Gasteiger partial charge >= 0.3 is 0 Å². The van der Waals surface area contributed by atoms with Crippen LogP contribution < -0.4 is 11.1 Å². The van der Waals surface area contributed by atoms with Gasteiger partial charge in [-0.2, -0.15) is 0 Å². The number of pyridine rings is 2. The molecule has 0 atom stereocenters. The minimum atomic E-state index is -0.120. The maximum Gasteiger partial charge on any atom is 0.274 e. The molecule has 0 unspecified atom stereocenters. The number of aryl methyl sites for hydroxylation is 2. The Bertz CT molecular complexity index is 3540. The topological polar surface area (TPSA) is 68.7 Å². The predicted molar refractivity (Wildman–Crippen MR) is 287 cm³/mol. The third kappa shape index (κ3) is 7.32. The van der Waals surface area contributed by atoms with E-state index in [0.29, 0.717) is 20.7 Å². The van der Waals surface area contributed by atoms with Gasteiger partial charge in [0.25, 0.3) is 11.1 Å². The van der Waals surface area contributed by atoms with Gasteiger partial charge in [0.2, 0.25) is 0 Å². The Labute approximate surface area is 403 Å². The normalized spacial score (nSPS) is 12.5. The summed E-state index contributed by atoms with van der Waals surface area (Å²) in [7, 11) is 0. The van der Waals surface area contributed by atoms with Crippen LogP contribution in [0.3, 0.4) is 0 Å². The first kappa shape index (κ1) is 42.0. The van der Waals surface area contributed by atoms with Crippen LogP contribution in [-0.4, -0.2) is 18.8 Å². The molecule has 11 heterocycles.